The van der Waals surface area contributed by atoms with Gasteiger partial charge in [0.05, 0.1) is 17.7 Å². The van der Waals surface area contributed by atoms with Crippen molar-refractivity contribution in [3.8, 4) is 11.1 Å². The molecule has 2 heterocycles. The molecule has 0 bridgehead atoms. The maximum absolute atomic E-state index is 15.4. The fourth-order valence-corrected chi connectivity index (χ4v) is 6.55. The van der Waals surface area contributed by atoms with E-state index in [-0.39, 0.29) is 48.7 Å². The van der Waals surface area contributed by atoms with Crippen LogP contribution >= 0.6 is 15.9 Å². The molecule has 16 heteroatoms. The minimum absolute atomic E-state index is 0.0569. The molecule has 3 aromatic carbocycles. The summed E-state index contributed by atoms with van der Waals surface area (Å²) >= 11 is 3.27. The average Bonchev–Trinajstić information content (AvgIpc) is 3.06. The van der Waals surface area contributed by atoms with E-state index in [1.807, 2.05) is 6.92 Å². The van der Waals surface area contributed by atoms with Crippen LogP contribution < -0.4 is 10.9 Å². The highest BCUT2D eigenvalue weighted by molar-refractivity contribution is 9.10. The Kier molecular flexibility index (Phi) is 14.1. The number of ether oxygens (including phenoxy) is 1. The molecule has 5 rings (SSSR count). The summed E-state index contributed by atoms with van der Waals surface area (Å²) in [5.74, 6) is -2.80. The van der Waals surface area contributed by atoms with Crippen molar-refractivity contribution in [3.63, 3.8) is 0 Å². The molecule has 1 amide bonds. The molecule has 55 heavy (non-hydrogen) atoms. The van der Waals surface area contributed by atoms with E-state index < -0.39 is 65.1 Å². The molecule has 1 atom stereocenters. The predicted octanol–water partition coefficient (Wildman–Crippen LogP) is 8.74. The molecule has 7 nitrogen and oxygen atoms in total. The van der Waals surface area contributed by atoms with Gasteiger partial charge in [0.1, 0.15) is 18.0 Å². The first-order valence-electron chi connectivity index (χ1n) is 17.0. The lowest BCUT2D eigenvalue weighted by Gasteiger charge is -2.34. The Morgan fingerprint density at radius 3 is 2.16 bits per heavy atom. The van der Waals surface area contributed by atoms with Gasteiger partial charge in [-0.2, -0.15) is 26.3 Å². The molecule has 1 aliphatic rings. The Balaban J connectivity index is 0.00000104. The van der Waals surface area contributed by atoms with Gasteiger partial charge in [-0.3, -0.25) is 23.9 Å². The minimum Gasteiger partial charge on any atom is -0.466 e. The summed E-state index contributed by atoms with van der Waals surface area (Å²) < 4.78 is 118. The number of carbonyl (C=O) groups is 2. The smallest absolute Gasteiger partial charge is 0.419 e. The number of benzene rings is 3. The third-order valence-corrected chi connectivity index (χ3v) is 9.21. The molecule has 0 aliphatic carbocycles. The first-order chi connectivity index (χ1) is 25.7. The number of nitrogens with one attached hydrogen (secondary N) is 1. The van der Waals surface area contributed by atoms with Crippen LogP contribution in [0, 0.1) is 19.7 Å². The number of esters is 1. The molecular formula is C39H38BrF8N3O4. The zero-order chi connectivity index (χ0) is 40.8. The van der Waals surface area contributed by atoms with Gasteiger partial charge in [-0.1, -0.05) is 51.8 Å². The Morgan fingerprint density at radius 1 is 0.945 bits per heavy atom. The number of nitrogens with zero attached hydrogens (tertiary/aromatic N) is 2. The van der Waals surface area contributed by atoms with Crippen LogP contribution in [0.2, 0.25) is 0 Å². The molecule has 4 aromatic rings. The zero-order valence-corrected chi connectivity index (χ0v) is 31.8. The quantitative estimate of drug-likeness (QED) is 0.128. The number of likely N-dealkylation sites (tertiary alicyclic amines) is 1. The standard InChI is InChI=1S/C35H30BrF8N3O2.C4H8O2/c1-19-6-7-27(20(2)10-19)23-11-24(31(38)29(13-23)35(42,43)44)15-45-33(49)32(21-4-3-5-25(36)12-21)47-16-22(8-9-46-17-26(37)18-46)28(14-30(47)48)34(39,40)41;1-3-6-4(2)5/h3-7,10-14,16,26,32H,8-9,15,17-18H2,1-2H3,(H,45,49);3H2,1-2H3. The van der Waals surface area contributed by atoms with Gasteiger partial charge < -0.3 is 10.1 Å². The number of amides is 1. The summed E-state index contributed by atoms with van der Waals surface area (Å²) in [5, 5.41) is 2.41. The molecule has 1 saturated heterocycles. The average molecular weight is 845 g/mol. The summed E-state index contributed by atoms with van der Waals surface area (Å²) in [4.78, 5) is 38.6. The van der Waals surface area contributed by atoms with Crippen molar-refractivity contribution in [3.05, 3.63) is 126 Å². The van der Waals surface area contributed by atoms with E-state index in [1.54, 1.807) is 43.0 Å². The van der Waals surface area contributed by atoms with Crippen LogP contribution in [-0.4, -0.2) is 53.8 Å². The third kappa shape index (κ3) is 11.2. The third-order valence-electron chi connectivity index (χ3n) is 8.72. The number of hydrogen-bond donors (Lipinski definition) is 1. The highest BCUT2D eigenvalue weighted by Gasteiger charge is 2.38. The number of halogens is 9. The molecule has 1 N–H and O–H groups in total. The van der Waals surface area contributed by atoms with Crippen LogP contribution in [0.4, 0.5) is 35.1 Å². The van der Waals surface area contributed by atoms with E-state index in [9.17, 15) is 45.1 Å². The van der Waals surface area contributed by atoms with E-state index in [0.717, 1.165) is 16.3 Å². The van der Waals surface area contributed by atoms with Crippen LogP contribution in [-0.2, 0) is 39.6 Å². The van der Waals surface area contributed by atoms with Gasteiger partial charge in [-0.25, -0.2) is 8.78 Å². The molecule has 0 radical (unpaired) electrons. The minimum atomic E-state index is -5.07. The van der Waals surface area contributed by atoms with E-state index in [1.165, 1.54) is 31.2 Å². The van der Waals surface area contributed by atoms with Crippen molar-refractivity contribution in [2.24, 2.45) is 0 Å². The highest BCUT2D eigenvalue weighted by atomic mass is 79.9. The molecule has 0 spiro atoms. The maximum atomic E-state index is 15.4. The molecule has 0 saturated carbocycles. The van der Waals surface area contributed by atoms with Gasteiger partial charge in [0.2, 0.25) is 5.91 Å². The van der Waals surface area contributed by atoms with Crippen LogP contribution in [0.3, 0.4) is 0 Å². The second-order valence-electron chi connectivity index (χ2n) is 13.0. The summed E-state index contributed by atoms with van der Waals surface area (Å²) in [7, 11) is 0. The zero-order valence-electron chi connectivity index (χ0n) is 30.2. The molecule has 1 fully saturated rings. The van der Waals surface area contributed by atoms with Gasteiger partial charge in [0.15, 0.2) is 0 Å². The Hall–Kier alpha value is -4.57. The summed E-state index contributed by atoms with van der Waals surface area (Å²) in [6.45, 7) is 6.60. The van der Waals surface area contributed by atoms with E-state index in [2.05, 4.69) is 26.0 Å². The van der Waals surface area contributed by atoms with Crippen molar-refractivity contribution >= 4 is 27.8 Å². The highest BCUT2D eigenvalue weighted by Crippen LogP contribution is 2.37. The fourth-order valence-electron chi connectivity index (χ4n) is 6.13. The second kappa shape index (κ2) is 17.9. The Morgan fingerprint density at radius 2 is 1.62 bits per heavy atom. The Labute approximate surface area is 320 Å². The van der Waals surface area contributed by atoms with E-state index >= 15 is 4.39 Å². The lowest BCUT2D eigenvalue weighted by Crippen LogP contribution is -2.49. The number of carbonyl (C=O) groups excluding carboxylic acids is 2. The fraction of sp³-hybridized carbons (Fsp3) is 0.359. The SMILES string of the molecule is CCOC(C)=O.Cc1ccc(-c2cc(CNC(=O)C(c3cccc(Br)c3)n3cc(CCN4CC(F)C4)c(C(F)(F)F)cc3=O)c(F)c(C(F)(F)F)c2)c(C)c1. The lowest BCUT2D eigenvalue weighted by molar-refractivity contribution is -0.141. The van der Waals surface area contributed by atoms with E-state index in [4.69, 9.17) is 0 Å². The van der Waals surface area contributed by atoms with Crippen molar-refractivity contribution < 1.29 is 49.4 Å². The number of aryl methyl sites for hydroxylation is 2. The number of aromatic nitrogens is 1. The van der Waals surface area contributed by atoms with Gasteiger partial charge in [0, 0.05) is 55.4 Å². The van der Waals surface area contributed by atoms with Crippen molar-refractivity contribution in [2.75, 3.05) is 26.2 Å². The number of pyridine rings is 1. The summed E-state index contributed by atoms with van der Waals surface area (Å²) in [5.41, 5.74) is -2.59. The first-order valence-corrected chi connectivity index (χ1v) is 17.8. The molecule has 1 unspecified atom stereocenters. The van der Waals surface area contributed by atoms with Crippen LogP contribution in [0.1, 0.15) is 58.8 Å². The molecule has 1 aliphatic heterocycles. The molecule has 296 valence electrons. The maximum Gasteiger partial charge on any atom is 0.419 e. The first kappa shape index (κ1) is 43.2. The number of rotatable bonds is 10. The van der Waals surface area contributed by atoms with Crippen molar-refractivity contribution in [2.45, 2.75) is 65.2 Å². The predicted molar refractivity (Wildman–Crippen MR) is 193 cm³/mol. The molecular weight excluding hydrogens is 806 g/mol. The second-order valence-corrected chi connectivity index (χ2v) is 13.9. The van der Waals surface area contributed by atoms with Crippen molar-refractivity contribution in [1.82, 2.24) is 14.8 Å². The Bertz CT molecular complexity index is 2080. The normalized spacial score (nSPS) is 14.1. The summed E-state index contributed by atoms with van der Waals surface area (Å²) in [6, 6.07) is 11.8. The van der Waals surface area contributed by atoms with Crippen LogP contribution in [0.5, 0.6) is 0 Å². The number of alkyl halides is 7. The van der Waals surface area contributed by atoms with Crippen molar-refractivity contribution in [1.29, 1.82) is 0 Å². The topological polar surface area (TPSA) is 80.6 Å². The molecule has 1 aromatic heterocycles. The van der Waals surface area contributed by atoms with E-state index in [0.29, 0.717) is 34.3 Å². The summed E-state index contributed by atoms with van der Waals surface area (Å²) in [6.07, 6.45) is -10.4. The van der Waals surface area contributed by atoms with Gasteiger partial charge >= 0.3 is 18.3 Å². The van der Waals surface area contributed by atoms with Gasteiger partial charge in [-0.15, -0.1) is 0 Å². The lowest BCUT2D eigenvalue weighted by atomic mass is 9.94. The van der Waals surface area contributed by atoms with Gasteiger partial charge in [0.25, 0.3) is 5.56 Å². The van der Waals surface area contributed by atoms with Crippen LogP contribution in [0.25, 0.3) is 11.1 Å². The number of hydrogen-bond acceptors (Lipinski definition) is 5. The largest absolute Gasteiger partial charge is 0.466 e. The monoisotopic (exact) mass is 843 g/mol. The van der Waals surface area contributed by atoms with Gasteiger partial charge in [-0.05, 0) is 79.3 Å². The van der Waals surface area contributed by atoms with Crippen LogP contribution in [0.15, 0.2) is 76.1 Å².